The van der Waals surface area contributed by atoms with Gasteiger partial charge in [0.1, 0.15) is 17.6 Å². The van der Waals surface area contributed by atoms with Gasteiger partial charge in [0.05, 0.1) is 39.6 Å². The quantitative estimate of drug-likeness (QED) is 0.0674. The molecule has 0 fully saturated rings. The minimum absolute atomic E-state index is 0.0531. The molecule has 6 heteroatoms. The first-order valence-corrected chi connectivity index (χ1v) is 22.0. The topological polar surface area (TPSA) is 55.4 Å². The van der Waals surface area contributed by atoms with E-state index in [1.807, 2.05) is 116 Å². The first-order valence-electron chi connectivity index (χ1n) is 22.0. The van der Waals surface area contributed by atoms with Crippen LogP contribution in [0, 0.1) is 0 Å². The van der Waals surface area contributed by atoms with E-state index in [2.05, 4.69) is 100 Å². The maximum atomic E-state index is 5.96. The van der Waals surface area contributed by atoms with Gasteiger partial charge in [0.2, 0.25) is 0 Å². The van der Waals surface area contributed by atoms with Gasteiger partial charge in [-0.25, -0.2) is 0 Å². The van der Waals surface area contributed by atoms with E-state index in [1.54, 1.807) is 0 Å². The predicted octanol–water partition coefficient (Wildman–Crippen LogP) is 14.0. The van der Waals surface area contributed by atoms with Gasteiger partial charge < -0.3 is 28.4 Å². The number of ether oxygens (including phenoxy) is 6. The monoisotopic (exact) mass is 829 g/mol. The summed E-state index contributed by atoms with van der Waals surface area (Å²) in [6.45, 7) is 17.2. The summed E-state index contributed by atoms with van der Waals surface area (Å²) in [6.07, 6.45) is 4.31. The summed E-state index contributed by atoms with van der Waals surface area (Å²) >= 11 is 0. The number of hydrogen-bond donors (Lipinski definition) is 0. The molecule has 61 heavy (non-hydrogen) atoms. The standard InChI is InChI=1S/C16H18O.C11H16O2.C10H14O.2C9H12O/c1-2-13-17-16(14-9-5-3-6-10-14)15-11-7-4-8-12-15;1-2-12-8-9-13-10-11-6-4-3-5-7-11;1-2-8-11-9-10-6-4-3-5-7-10;2*1-2-8-10-9-6-4-3-5-7-9/h3-12,16H,2,13H2,1H3;3-7H,2,8-10H2,1H3;3-7H,2,8-9H2,1H3;2*3-7H,2,8H2,1H3. The van der Waals surface area contributed by atoms with Crippen LogP contribution in [0.4, 0.5) is 0 Å². The summed E-state index contributed by atoms with van der Waals surface area (Å²) in [5.74, 6) is 1.92. The van der Waals surface area contributed by atoms with Crippen molar-refractivity contribution < 1.29 is 28.4 Å². The third-order valence-corrected chi connectivity index (χ3v) is 8.27. The summed E-state index contributed by atoms with van der Waals surface area (Å²) < 4.78 is 32.6. The highest BCUT2D eigenvalue weighted by Gasteiger charge is 2.13. The molecule has 6 nitrogen and oxygen atoms in total. The summed E-state index contributed by atoms with van der Waals surface area (Å²) in [4.78, 5) is 0. The summed E-state index contributed by atoms with van der Waals surface area (Å²) in [5, 5.41) is 0. The Morgan fingerprint density at radius 1 is 0.328 bits per heavy atom. The van der Waals surface area contributed by atoms with Gasteiger partial charge >= 0.3 is 0 Å². The van der Waals surface area contributed by atoms with Crippen molar-refractivity contribution >= 4 is 0 Å². The van der Waals surface area contributed by atoms with Crippen LogP contribution in [0.25, 0.3) is 0 Å². The van der Waals surface area contributed by atoms with E-state index in [9.17, 15) is 0 Å². The highest BCUT2D eigenvalue weighted by atomic mass is 16.5. The van der Waals surface area contributed by atoms with Gasteiger partial charge in [0.25, 0.3) is 0 Å². The van der Waals surface area contributed by atoms with Crippen molar-refractivity contribution in [3.63, 3.8) is 0 Å². The molecule has 0 aliphatic heterocycles. The normalized spacial score (nSPS) is 10.0. The van der Waals surface area contributed by atoms with Crippen LogP contribution in [0.1, 0.15) is 88.7 Å². The first-order chi connectivity index (χ1) is 30.1. The Labute approximate surface area is 368 Å². The summed E-state index contributed by atoms with van der Waals surface area (Å²) in [6, 6.07) is 60.9. The van der Waals surface area contributed by atoms with Crippen LogP contribution in [-0.2, 0) is 32.2 Å². The second kappa shape index (κ2) is 37.7. The largest absolute Gasteiger partial charge is 0.494 e. The minimum Gasteiger partial charge on any atom is -0.494 e. The fraction of sp³-hybridized carbons (Fsp3) is 0.345. The molecule has 0 saturated carbocycles. The van der Waals surface area contributed by atoms with E-state index < -0.39 is 0 Å². The lowest BCUT2D eigenvalue weighted by Crippen LogP contribution is -2.06. The molecule has 0 bridgehead atoms. The van der Waals surface area contributed by atoms with E-state index in [1.165, 1.54) is 22.3 Å². The van der Waals surface area contributed by atoms with Crippen molar-refractivity contribution in [3.8, 4) is 11.5 Å². The fourth-order valence-corrected chi connectivity index (χ4v) is 5.28. The number of hydrogen-bond acceptors (Lipinski definition) is 6. The second-order valence-corrected chi connectivity index (χ2v) is 13.7. The molecule has 0 aliphatic rings. The van der Waals surface area contributed by atoms with Gasteiger partial charge in [0.15, 0.2) is 0 Å². The third kappa shape index (κ3) is 27.3. The molecule has 0 aromatic heterocycles. The molecular weight excluding hydrogens is 757 g/mol. The molecule has 0 atom stereocenters. The smallest absolute Gasteiger partial charge is 0.119 e. The van der Waals surface area contributed by atoms with Gasteiger partial charge in [-0.3, -0.25) is 0 Å². The molecule has 0 aliphatic carbocycles. The highest BCUT2D eigenvalue weighted by molar-refractivity contribution is 5.30. The van der Waals surface area contributed by atoms with Gasteiger partial charge in [-0.1, -0.05) is 185 Å². The maximum Gasteiger partial charge on any atom is 0.119 e. The number of rotatable bonds is 21. The third-order valence-electron chi connectivity index (χ3n) is 8.27. The maximum absolute atomic E-state index is 5.96. The molecule has 0 amide bonds. The molecule has 0 spiro atoms. The van der Waals surface area contributed by atoms with Crippen molar-refractivity contribution in [2.45, 2.75) is 79.6 Å². The van der Waals surface area contributed by atoms with E-state index in [4.69, 9.17) is 28.4 Å². The van der Waals surface area contributed by atoms with Crippen LogP contribution in [0.15, 0.2) is 182 Å². The van der Waals surface area contributed by atoms with Crippen LogP contribution in [0.3, 0.4) is 0 Å². The molecular formula is C55H72O6. The van der Waals surface area contributed by atoms with Gasteiger partial charge in [0, 0.05) is 19.8 Å². The second-order valence-electron chi connectivity index (χ2n) is 13.7. The lowest BCUT2D eigenvalue weighted by molar-refractivity contribution is 0.0453. The van der Waals surface area contributed by atoms with Crippen molar-refractivity contribution in [2.75, 3.05) is 46.2 Å². The lowest BCUT2D eigenvalue weighted by atomic mass is 10.0. The number of benzene rings is 6. The zero-order valence-corrected chi connectivity index (χ0v) is 37.5. The Bertz CT molecular complexity index is 1680. The van der Waals surface area contributed by atoms with Gasteiger partial charge in [-0.2, -0.15) is 0 Å². The van der Waals surface area contributed by atoms with Crippen molar-refractivity contribution in [3.05, 3.63) is 204 Å². The van der Waals surface area contributed by atoms with Crippen LogP contribution in [-0.4, -0.2) is 46.2 Å². The molecule has 0 heterocycles. The fourth-order valence-electron chi connectivity index (χ4n) is 5.28. The van der Waals surface area contributed by atoms with E-state index in [0.29, 0.717) is 19.8 Å². The van der Waals surface area contributed by atoms with Gasteiger partial charge in [-0.05, 0) is 79.1 Å². The average molecular weight is 829 g/mol. The molecule has 328 valence electrons. The van der Waals surface area contributed by atoms with Crippen molar-refractivity contribution in [2.24, 2.45) is 0 Å². The summed E-state index contributed by atoms with van der Waals surface area (Å²) in [7, 11) is 0. The minimum atomic E-state index is 0.0531. The Kier molecular flexibility index (Phi) is 32.1. The Morgan fingerprint density at radius 3 is 1.02 bits per heavy atom. The molecule has 6 rings (SSSR count). The zero-order chi connectivity index (χ0) is 43.7. The van der Waals surface area contributed by atoms with Crippen LogP contribution >= 0.6 is 0 Å². The van der Waals surface area contributed by atoms with Crippen LogP contribution in [0.5, 0.6) is 11.5 Å². The molecule has 6 aromatic carbocycles. The summed E-state index contributed by atoms with van der Waals surface area (Å²) in [5.41, 5.74) is 4.89. The highest BCUT2D eigenvalue weighted by Crippen LogP contribution is 2.25. The van der Waals surface area contributed by atoms with E-state index >= 15 is 0 Å². The molecule has 6 aromatic rings. The molecule has 0 radical (unpaired) electrons. The predicted molar refractivity (Wildman–Crippen MR) is 254 cm³/mol. The SMILES string of the molecule is CCCOC(c1ccccc1)c1ccccc1.CCCOCc1ccccc1.CCCOc1ccccc1.CCCOc1ccccc1.CCOCCOCc1ccccc1. The van der Waals surface area contributed by atoms with Gasteiger partial charge in [-0.15, -0.1) is 0 Å². The zero-order valence-electron chi connectivity index (χ0n) is 37.5. The van der Waals surface area contributed by atoms with E-state index in [0.717, 1.165) is 76.8 Å². The Hall–Kier alpha value is -5.24. The molecule has 0 saturated heterocycles. The van der Waals surface area contributed by atoms with Crippen LogP contribution < -0.4 is 9.47 Å². The Balaban J connectivity index is 0.000000267. The number of para-hydroxylation sites is 2. The lowest BCUT2D eigenvalue weighted by Gasteiger charge is -2.18. The first kappa shape index (κ1) is 51.9. The molecule has 0 N–H and O–H groups in total. The van der Waals surface area contributed by atoms with Crippen LogP contribution in [0.2, 0.25) is 0 Å². The van der Waals surface area contributed by atoms with E-state index in [-0.39, 0.29) is 6.10 Å². The molecule has 0 unspecified atom stereocenters. The van der Waals surface area contributed by atoms with Crippen molar-refractivity contribution in [1.82, 2.24) is 0 Å². The Morgan fingerprint density at radius 2 is 0.656 bits per heavy atom. The van der Waals surface area contributed by atoms with Crippen molar-refractivity contribution in [1.29, 1.82) is 0 Å². The average Bonchev–Trinajstić information content (AvgIpc) is 3.33.